The van der Waals surface area contributed by atoms with Crippen LogP contribution in [0.5, 0.6) is 0 Å². The highest BCUT2D eigenvalue weighted by Gasteiger charge is 2.27. The third-order valence-corrected chi connectivity index (χ3v) is 19.3. The lowest BCUT2D eigenvalue weighted by molar-refractivity contribution is 1.13. The number of para-hydroxylation sites is 7. The lowest BCUT2D eigenvalue weighted by atomic mass is 10.0. The molecule has 0 unspecified atom stereocenters. The third-order valence-electron chi connectivity index (χ3n) is 16.5. The van der Waals surface area contributed by atoms with Gasteiger partial charge in [-0.05, 0) is 180 Å². The molecule has 0 spiro atoms. The van der Waals surface area contributed by atoms with Crippen LogP contribution >= 0.6 is 39.5 Å². The number of hydrogen-bond donors (Lipinski definition) is 0. The summed E-state index contributed by atoms with van der Waals surface area (Å²) in [7, 11) is 0. The molecule has 0 bridgehead atoms. The van der Waals surface area contributed by atoms with Crippen molar-refractivity contribution in [3.05, 3.63) is 319 Å². The summed E-state index contributed by atoms with van der Waals surface area (Å²) in [4.78, 5) is 9.84. The zero-order valence-electron chi connectivity index (χ0n) is 46.0. The lowest BCUT2D eigenvalue weighted by Crippen LogP contribution is -2.14. The minimum Gasteiger partial charge on any atom is -0.317 e. The molecule has 8 heteroatoms. The second kappa shape index (κ2) is 21.5. The van der Waals surface area contributed by atoms with Crippen LogP contribution in [-0.2, 0) is 6.42 Å². The fraction of sp³-hybridized carbons (Fsp3) is 0.0130. The van der Waals surface area contributed by atoms with Crippen LogP contribution in [0.1, 0.15) is 11.1 Å². The Labute approximate surface area is 510 Å². The minimum atomic E-state index is 1.04. The summed E-state index contributed by atoms with van der Waals surface area (Å²) in [6.45, 7) is 0. The largest absolute Gasteiger partial charge is 0.317 e. The average molecular weight is 1190 g/mol. The molecule has 3 aliphatic rings. The van der Waals surface area contributed by atoms with Crippen molar-refractivity contribution in [2.45, 2.75) is 26.0 Å². The number of rotatable bonds is 5. The van der Waals surface area contributed by atoms with E-state index in [1.807, 2.05) is 23.5 Å². The molecule has 0 N–H and O–H groups in total. The van der Waals surface area contributed by atoms with Gasteiger partial charge in [0.05, 0.1) is 44.8 Å². The van der Waals surface area contributed by atoms with Crippen molar-refractivity contribution in [1.29, 1.82) is 0 Å². The van der Waals surface area contributed by atoms with E-state index in [0.717, 1.165) is 22.3 Å². The van der Waals surface area contributed by atoms with E-state index in [4.69, 9.17) is 0 Å². The van der Waals surface area contributed by atoms with Gasteiger partial charge in [-0.3, -0.25) is 0 Å². The normalized spacial score (nSPS) is 12.6. The van der Waals surface area contributed by atoms with Gasteiger partial charge in [-0.2, -0.15) is 0 Å². The van der Waals surface area contributed by atoms with E-state index in [1.165, 1.54) is 125 Å². The first-order valence-corrected chi connectivity index (χ1v) is 31.1. The Hall–Kier alpha value is -9.70. The monoisotopic (exact) mass is 1190 g/mol. The number of benzene rings is 12. The molecule has 404 valence electrons. The number of nitrogens with zero attached hydrogens (tertiary/aromatic N) is 5. The van der Waals surface area contributed by atoms with Gasteiger partial charge in [0.2, 0.25) is 0 Å². The zero-order valence-corrected chi connectivity index (χ0v) is 49.2. The van der Waals surface area contributed by atoms with Crippen molar-refractivity contribution in [3.63, 3.8) is 0 Å². The lowest BCUT2D eigenvalue weighted by Gasteiger charge is -2.32. The molecule has 18 rings (SSSR count). The SMILES string of the molecule is Brc1ccc(N2c3ccccc3Sc3ccccc32)cc1.c1ccc(-n2ccc3c2ccc2c4ccccc4n(-c4ccc(N5c6ccccc6Sc6ccccc65)cc4)c23)cc1.c1ccc(-n2ccc3c4c(ccc32)-c2ccccc2C4)cc1. The Morgan fingerprint density at radius 3 is 1.32 bits per heavy atom. The number of anilines is 6. The first-order valence-electron chi connectivity index (χ1n) is 28.6. The second-order valence-corrected chi connectivity index (χ2v) is 24.5. The molecule has 5 heterocycles. The molecule has 1 aliphatic carbocycles. The van der Waals surface area contributed by atoms with E-state index < -0.39 is 0 Å². The molecule has 12 aromatic carbocycles. The van der Waals surface area contributed by atoms with Gasteiger partial charge >= 0.3 is 0 Å². The average Bonchev–Trinajstić information content (AvgIpc) is 1.88. The van der Waals surface area contributed by atoms with Crippen molar-refractivity contribution < 1.29 is 0 Å². The maximum atomic E-state index is 3.51. The molecule has 5 nitrogen and oxygen atoms in total. The van der Waals surface area contributed by atoms with Crippen LogP contribution in [0, 0.1) is 0 Å². The second-order valence-electron chi connectivity index (χ2n) is 21.4. The smallest absolute Gasteiger partial charge is 0.0635 e. The van der Waals surface area contributed by atoms with Gasteiger partial charge in [0.1, 0.15) is 0 Å². The molecule has 15 aromatic rings. The quantitative estimate of drug-likeness (QED) is 0.171. The summed E-state index contributed by atoms with van der Waals surface area (Å²) in [5.74, 6) is 0. The van der Waals surface area contributed by atoms with E-state index in [2.05, 4.69) is 343 Å². The first-order chi connectivity index (χ1) is 42.1. The van der Waals surface area contributed by atoms with Gasteiger partial charge in [0.15, 0.2) is 0 Å². The standard InChI is InChI=1S/C38H25N3S.C21H15N.C18H12BrNS/c1-2-10-26(11-3-1)39-25-24-31-32(39)23-22-30-29-12-4-5-13-33(29)41(38(30)31)28-20-18-27(19-21-28)40-34-14-6-8-16-36(34)42-37-17-9-7-15-35(37)40;1-2-7-16(8-3-1)22-13-12-19-20-14-15-6-4-5-9-17(15)18(20)10-11-21(19)22;19-13-9-11-14(12-10-13)20-15-5-1-3-7-17(15)21-18-8-4-2-6-16(18)20/h1-25H;1-13H,14H2;1-12H. The van der Waals surface area contributed by atoms with E-state index in [1.54, 1.807) is 0 Å². The van der Waals surface area contributed by atoms with Crippen molar-refractivity contribution in [3.8, 4) is 28.2 Å². The van der Waals surface area contributed by atoms with Crippen LogP contribution in [0.25, 0.3) is 71.8 Å². The molecule has 0 atom stereocenters. The van der Waals surface area contributed by atoms with Gasteiger partial charge in [-0.15, -0.1) is 0 Å². The van der Waals surface area contributed by atoms with E-state index in [9.17, 15) is 0 Å². The Morgan fingerprint density at radius 2 is 0.741 bits per heavy atom. The molecule has 0 saturated heterocycles. The van der Waals surface area contributed by atoms with Crippen molar-refractivity contribution in [2.24, 2.45) is 0 Å². The van der Waals surface area contributed by atoms with Crippen LogP contribution in [0.15, 0.2) is 328 Å². The van der Waals surface area contributed by atoms with Crippen LogP contribution in [0.2, 0.25) is 0 Å². The Morgan fingerprint density at radius 1 is 0.294 bits per heavy atom. The Kier molecular flexibility index (Phi) is 12.9. The molecule has 0 saturated carbocycles. The number of halogens is 1. The summed E-state index contributed by atoms with van der Waals surface area (Å²) in [5.41, 5.74) is 21.4. The number of aromatic nitrogens is 3. The first kappa shape index (κ1) is 51.0. The highest BCUT2D eigenvalue weighted by molar-refractivity contribution is 9.10. The van der Waals surface area contributed by atoms with Gasteiger partial charge < -0.3 is 23.5 Å². The van der Waals surface area contributed by atoms with Crippen LogP contribution in [-0.4, -0.2) is 13.7 Å². The van der Waals surface area contributed by atoms with E-state index in [0.29, 0.717) is 0 Å². The Balaban J connectivity index is 0.000000115. The highest BCUT2D eigenvalue weighted by atomic mass is 79.9. The summed E-state index contributed by atoms with van der Waals surface area (Å²) in [6.07, 6.45) is 5.42. The van der Waals surface area contributed by atoms with Crippen LogP contribution in [0.3, 0.4) is 0 Å². The fourth-order valence-corrected chi connectivity index (χ4v) is 15.1. The molecule has 85 heavy (non-hydrogen) atoms. The molecule has 2 aliphatic heterocycles. The summed E-state index contributed by atoms with van der Waals surface area (Å²) in [6, 6.07) is 104. The Bertz CT molecular complexity index is 4920. The van der Waals surface area contributed by atoms with Gasteiger partial charge in [0.25, 0.3) is 0 Å². The van der Waals surface area contributed by atoms with Crippen molar-refractivity contribution in [1.82, 2.24) is 13.7 Å². The fourth-order valence-electron chi connectivity index (χ4n) is 12.7. The predicted octanol–water partition coefficient (Wildman–Crippen LogP) is 22.2. The van der Waals surface area contributed by atoms with E-state index in [-0.39, 0.29) is 0 Å². The topological polar surface area (TPSA) is 21.3 Å². The zero-order chi connectivity index (χ0) is 56.4. The van der Waals surface area contributed by atoms with Crippen molar-refractivity contribution in [2.75, 3.05) is 9.80 Å². The molecule has 0 amide bonds. The van der Waals surface area contributed by atoms with E-state index >= 15 is 0 Å². The molecular weight excluding hydrogens is 1140 g/mol. The highest BCUT2D eigenvalue weighted by Crippen LogP contribution is 2.53. The van der Waals surface area contributed by atoms with Gasteiger partial charge in [-0.25, -0.2) is 0 Å². The van der Waals surface area contributed by atoms with Crippen molar-refractivity contribution >= 4 is 117 Å². The van der Waals surface area contributed by atoms with Gasteiger partial charge in [0, 0.05) is 86.4 Å². The summed E-state index contributed by atoms with van der Waals surface area (Å²) >= 11 is 7.18. The molecule has 0 radical (unpaired) electrons. The van der Waals surface area contributed by atoms with Crippen LogP contribution in [0.4, 0.5) is 34.1 Å². The maximum absolute atomic E-state index is 3.51. The minimum absolute atomic E-state index is 1.04. The summed E-state index contributed by atoms with van der Waals surface area (Å²) in [5, 5.41) is 5.15. The maximum Gasteiger partial charge on any atom is 0.0635 e. The number of hydrogen-bond acceptors (Lipinski definition) is 4. The summed E-state index contributed by atoms with van der Waals surface area (Å²) < 4.78 is 8.08. The third kappa shape index (κ3) is 8.95. The van der Waals surface area contributed by atoms with Crippen LogP contribution < -0.4 is 9.80 Å². The molecule has 0 fully saturated rings. The molecule has 3 aromatic heterocycles. The predicted molar refractivity (Wildman–Crippen MR) is 361 cm³/mol. The molecular formula is C77H52BrN5S2. The number of fused-ring (bicyclic) bond motifs is 14. The van der Waals surface area contributed by atoms with Gasteiger partial charge in [-0.1, -0.05) is 179 Å².